The fourth-order valence-corrected chi connectivity index (χ4v) is 2.45. The molecule has 1 aliphatic rings. The van der Waals surface area contributed by atoms with Gasteiger partial charge >= 0.3 is 0 Å². The van der Waals surface area contributed by atoms with E-state index in [0.29, 0.717) is 0 Å². The zero-order chi connectivity index (χ0) is 13.2. The predicted octanol–water partition coefficient (Wildman–Crippen LogP) is 1.90. The fraction of sp³-hybridized carbons (Fsp3) is 0.533. The van der Waals surface area contributed by atoms with Crippen molar-refractivity contribution in [3.63, 3.8) is 0 Å². The molecule has 1 saturated heterocycles. The fourth-order valence-electron chi connectivity index (χ4n) is 2.45. The molecular formula is C15H22N2O. The highest BCUT2D eigenvalue weighted by atomic mass is 16.1. The minimum Gasteiger partial charge on any atom is -0.304 e. The van der Waals surface area contributed by atoms with E-state index in [4.69, 9.17) is 0 Å². The van der Waals surface area contributed by atoms with Gasteiger partial charge in [0.25, 0.3) is 0 Å². The second-order valence-corrected chi connectivity index (χ2v) is 5.54. The molecule has 0 aliphatic carbocycles. The van der Waals surface area contributed by atoms with Gasteiger partial charge in [0, 0.05) is 31.7 Å². The van der Waals surface area contributed by atoms with Crippen molar-refractivity contribution in [2.75, 3.05) is 33.2 Å². The van der Waals surface area contributed by atoms with Gasteiger partial charge in [0.1, 0.15) is 0 Å². The molecule has 1 fully saturated rings. The normalized spacial score (nSPS) is 18.8. The lowest BCUT2D eigenvalue weighted by Crippen LogP contribution is -2.57. The average molecular weight is 246 g/mol. The standard InChI is InChI=1S/C15H22N2O/c1-15(2,17-11-9-16(3)10-12-17)14(18)13-7-5-4-6-8-13/h4-8H,9-12H2,1-3H3. The van der Waals surface area contributed by atoms with Crippen LogP contribution in [-0.2, 0) is 0 Å². The Bertz CT molecular complexity index is 406. The van der Waals surface area contributed by atoms with E-state index in [1.807, 2.05) is 44.2 Å². The third-order valence-electron chi connectivity index (χ3n) is 3.89. The number of nitrogens with zero attached hydrogens (tertiary/aromatic N) is 2. The van der Waals surface area contributed by atoms with E-state index in [1.165, 1.54) is 0 Å². The maximum absolute atomic E-state index is 12.6. The Morgan fingerprint density at radius 1 is 1.06 bits per heavy atom. The molecule has 0 unspecified atom stereocenters. The van der Waals surface area contributed by atoms with E-state index in [2.05, 4.69) is 16.8 Å². The van der Waals surface area contributed by atoms with Gasteiger partial charge in [-0.05, 0) is 20.9 Å². The first-order chi connectivity index (χ1) is 8.51. The molecule has 18 heavy (non-hydrogen) atoms. The van der Waals surface area contributed by atoms with Gasteiger partial charge in [-0.3, -0.25) is 9.69 Å². The van der Waals surface area contributed by atoms with Crippen molar-refractivity contribution in [2.45, 2.75) is 19.4 Å². The number of piperazine rings is 1. The van der Waals surface area contributed by atoms with Gasteiger partial charge < -0.3 is 4.90 Å². The Hall–Kier alpha value is -1.19. The van der Waals surface area contributed by atoms with Crippen LogP contribution in [0.2, 0.25) is 0 Å². The van der Waals surface area contributed by atoms with E-state index < -0.39 is 5.54 Å². The molecule has 98 valence electrons. The van der Waals surface area contributed by atoms with E-state index in [9.17, 15) is 4.79 Å². The largest absolute Gasteiger partial charge is 0.304 e. The van der Waals surface area contributed by atoms with Crippen LogP contribution in [0.15, 0.2) is 30.3 Å². The van der Waals surface area contributed by atoms with Crippen molar-refractivity contribution in [3.8, 4) is 0 Å². The molecule has 0 bridgehead atoms. The molecule has 1 aromatic rings. The number of rotatable bonds is 3. The highest BCUT2D eigenvalue weighted by Gasteiger charge is 2.36. The second kappa shape index (κ2) is 5.21. The van der Waals surface area contributed by atoms with Crippen LogP contribution in [0.1, 0.15) is 24.2 Å². The molecule has 0 N–H and O–H groups in total. The molecule has 0 spiro atoms. The maximum atomic E-state index is 12.6. The molecule has 3 nitrogen and oxygen atoms in total. The minimum absolute atomic E-state index is 0.215. The molecule has 1 aromatic carbocycles. The molecule has 0 atom stereocenters. The summed E-state index contributed by atoms with van der Waals surface area (Å²) in [6.07, 6.45) is 0. The van der Waals surface area contributed by atoms with E-state index in [0.717, 1.165) is 31.7 Å². The van der Waals surface area contributed by atoms with Crippen molar-refractivity contribution < 1.29 is 4.79 Å². The smallest absolute Gasteiger partial charge is 0.182 e. The number of carbonyl (C=O) groups excluding carboxylic acids is 1. The summed E-state index contributed by atoms with van der Waals surface area (Å²) >= 11 is 0. The van der Waals surface area contributed by atoms with Gasteiger partial charge in [-0.15, -0.1) is 0 Å². The lowest BCUT2D eigenvalue weighted by atomic mass is 9.90. The number of benzene rings is 1. The SMILES string of the molecule is CN1CCN(C(C)(C)C(=O)c2ccccc2)CC1. The lowest BCUT2D eigenvalue weighted by molar-refractivity contribution is 0.0463. The van der Waals surface area contributed by atoms with Crippen molar-refractivity contribution in [3.05, 3.63) is 35.9 Å². The number of carbonyl (C=O) groups is 1. The molecule has 1 heterocycles. The van der Waals surface area contributed by atoms with Crippen LogP contribution in [0.5, 0.6) is 0 Å². The summed E-state index contributed by atoms with van der Waals surface area (Å²) < 4.78 is 0. The van der Waals surface area contributed by atoms with Crippen LogP contribution >= 0.6 is 0 Å². The number of hydrogen-bond acceptors (Lipinski definition) is 3. The minimum atomic E-state index is -0.414. The second-order valence-electron chi connectivity index (χ2n) is 5.54. The molecule has 3 heteroatoms. The van der Waals surface area contributed by atoms with Gasteiger partial charge in [0.05, 0.1) is 5.54 Å². The average Bonchev–Trinajstić information content (AvgIpc) is 2.39. The monoisotopic (exact) mass is 246 g/mol. The van der Waals surface area contributed by atoms with E-state index in [-0.39, 0.29) is 5.78 Å². The zero-order valence-electron chi connectivity index (χ0n) is 11.5. The van der Waals surface area contributed by atoms with Crippen molar-refractivity contribution in [2.24, 2.45) is 0 Å². The van der Waals surface area contributed by atoms with Gasteiger partial charge in [0.15, 0.2) is 5.78 Å². The number of ketones is 1. The molecule has 0 aromatic heterocycles. The third kappa shape index (κ3) is 2.62. The van der Waals surface area contributed by atoms with Crippen LogP contribution in [0.4, 0.5) is 0 Å². The number of hydrogen-bond donors (Lipinski definition) is 0. The summed E-state index contributed by atoms with van der Waals surface area (Å²) in [4.78, 5) is 17.2. The van der Waals surface area contributed by atoms with Crippen molar-refractivity contribution >= 4 is 5.78 Å². The molecule has 2 rings (SSSR count). The summed E-state index contributed by atoms with van der Waals surface area (Å²) in [5, 5.41) is 0. The zero-order valence-corrected chi connectivity index (χ0v) is 11.5. The maximum Gasteiger partial charge on any atom is 0.182 e. The molecule has 1 aliphatic heterocycles. The number of Topliss-reactive ketones (excluding diaryl/α,β-unsaturated/α-hetero) is 1. The molecule has 0 amide bonds. The Morgan fingerprint density at radius 2 is 1.61 bits per heavy atom. The van der Waals surface area contributed by atoms with Gasteiger partial charge in [-0.25, -0.2) is 0 Å². The molecular weight excluding hydrogens is 224 g/mol. The summed E-state index contributed by atoms with van der Waals surface area (Å²) in [6, 6.07) is 9.60. The van der Waals surface area contributed by atoms with Crippen LogP contribution in [0.25, 0.3) is 0 Å². The third-order valence-corrected chi connectivity index (χ3v) is 3.89. The van der Waals surface area contributed by atoms with Crippen LogP contribution in [0, 0.1) is 0 Å². The first-order valence-electron chi connectivity index (χ1n) is 6.55. The summed E-state index contributed by atoms with van der Waals surface area (Å²) in [5.41, 5.74) is 0.393. The Morgan fingerprint density at radius 3 is 2.17 bits per heavy atom. The summed E-state index contributed by atoms with van der Waals surface area (Å²) in [7, 11) is 2.13. The molecule has 0 radical (unpaired) electrons. The van der Waals surface area contributed by atoms with Crippen molar-refractivity contribution in [1.29, 1.82) is 0 Å². The Kier molecular flexibility index (Phi) is 3.83. The topological polar surface area (TPSA) is 23.6 Å². The van der Waals surface area contributed by atoms with Crippen LogP contribution in [-0.4, -0.2) is 54.3 Å². The Balaban J connectivity index is 2.13. The van der Waals surface area contributed by atoms with Crippen LogP contribution < -0.4 is 0 Å². The lowest BCUT2D eigenvalue weighted by Gasteiger charge is -2.42. The van der Waals surface area contributed by atoms with Gasteiger partial charge in [0.2, 0.25) is 0 Å². The highest BCUT2D eigenvalue weighted by Crippen LogP contribution is 2.21. The summed E-state index contributed by atoms with van der Waals surface area (Å²) in [6.45, 7) is 8.06. The Labute approximate surface area is 109 Å². The summed E-state index contributed by atoms with van der Waals surface area (Å²) in [5.74, 6) is 0.215. The highest BCUT2D eigenvalue weighted by molar-refractivity contribution is 6.02. The van der Waals surface area contributed by atoms with Crippen molar-refractivity contribution in [1.82, 2.24) is 9.80 Å². The van der Waals surface area contributed by atoms with Gasteiger partial charge in [-0.2, -0.15) is 0 Å². The van der Waals surface area contributed by atoms with Gasteiger partial charge in [-0.1, -0.05) is 30.3 Å². The van der Waals surface area contributed by atoms with E-state index >= 15 is 0 Å². The first-order valence-corrected chi connectivity index (χ1v) is 6.55. The van der Waals surface area contributed by atoms with Crippen LogP contribution in [0.3, 0.4) is 0 Å². The first kappa shape index (κ1) is 13.2. The quantitative estimate of drug-likeness (QED) is 0.761. The predicted molar refractivity (Wildman–Crippen MR) is 73.9 cm³/mol. The molecule has 0 saturated carbocycles. The number of likely N-dealkylation sites (N-methyl/N-ethyl adjacent to an activating group) is 1. The van der Waals surface area contributed by atoms with E-state index in [1.54, 1.807) is 0 Å².